The van der Waals surface area contributed by atoms with Gasteiger partial charge in [0.15, 0.2) is 5.69 Å². The predicted octanol–water partition coefficient (Wildman–Crippen LogP) is 2.34. The number of fused-ring (bicyclic) bond motifs is 1. The van der Waals surface area contributed by atoms with E-state index < -0.39 is 11.9 Å². The highest BCUT2D eigenvalue weighted by Crippen LogP contribution is 2.27. The van der Waals surface area contributed by atoms with E-state index in [4.69, 9.17) is 0 Å². The van der Waals surface area contributed by atoms with E-state index in [1.165, 1.54) is 6.20 Å². The van der Waals surface area contributed by atoms with Gasteiger partial charge in [-0.05, 0) is 24.3 Å². The van der Waals surface area contributed by atoms with Gasteiger partial charge in [-0.3, -0.25) is 9.48 Å². The van der Waals surface area contributed by atoms with Crippen LogP contribution in [0.5, 0.6) is 0 Å². The van der Waals surface area contributed by atoms with Crippen LogP contribution < -0.4 is 5.32 Å². The zero-order valence-corrected chi connectivity index (χ0v) is 12.4. The van der Waals surface area contributed by atoms with Gasteiger partial charge in [-0.1, -0.05) is 0 Å². The number of nitrogens with one attached hydrogen (secondary N) is 1. The summed E-state index contributed by atoms with van der Waals surface area (Å²) in [6.45, 7) is 0.299. The van der Waals surface area contributed by atoms with Crippen LogP contribution >= 0.6 is 11.7 Å². The number of amides is 1. The molecule has 1 N–H and O–H groups in total. The van der Waals surface area contributed by atoms with Crippen molar-refractivity contribution in [2.24, 2.45) is 0 Å². The molecule has 0 atom stereocenters. The van der Waals surface area contributed by atoms with Crippen molar-refractivity contribution in [2.75, 3.05) is 6.54 Å². The van der Waals surface area contributed by atoms with E-state index in [0.29, 0.717) is 16.6 Å². The molecule has 1 amide bonds. The minimum Gasteiger partial charge on any atom is -0.350 e. The SMILES string of the molecule is O=C(NCCn1ccc(C(F)(F)F)n1)c1ccc2nsnc2c1. The van der Waals surface area contributed by atoms with Crippen LogP contribution in [0.4, 0.5) is 13.2 Å². The third-order valence-corrected chi connectivity index (χ3v) is 3.63. The Bertz CT molecular complexity index is 841. The third kappa shape index (κ3) is 3.47. The van der Waals surface area contributed by atoms with Crippen LogP contribution in [0, 0.1) is 0 Å². The Labute approximate surface area is 132 Å². The zero-order valence-electron chi connectivity index (χ0n) is 11.5. The summed E-state index contributed by atoms with van der Waals surface area (Å²) in [6, 6.07) is 5.82. The number of aromatic nitrogens is 4. The van der Waals surface area contributed by atoms with Crippen molar-refractivity contribution in [3.63, 3.8) is 0 Å². The minimum absolute atomic E-state index is 0.141. The first-order valence-electron chi connectivity index (χ1n) is 6.55. The maximum absolute atomic E-state index is 12.4. The van der Waals surface area contributed by atoms with Gasteiger partial charge < -0.3 is 5.32 Å². The monoisotopic (exact) mass is 341 g/mol. The Morgan fingerprint density at radius 3 is 2.74 bits per heavy atom. The Balaban J connectivity index is 1.57. The van der Waals surface area contributed by atoms with Gasteiger partial charge in [0.2, 0.25) is 0 Å². The molecule has 0 aliphatic heterocycles. The molecule has 0 aliphatic rings. The summed E-state index contributed by atoms with van der Waals surface area (Å²) in [5, 5.41) is 6.04. The fourth-order valence-electron chi connectivity index (χ4n) is 1.95. The van der Waals surface area contributed by atoms with Crippen LogP contribution in [0.2, 0.25) is 0 Å². The predicted molar refractivity (Wildman–Crippen MR) is 77.0 cm³/mol. The van der Waals surface area contributed by atoms with Crippen molar-refractivity contribution >= 4 is 28.7 Å². The maximum atomic E-state index is 12.4. The van der Waals surface area contributed by atoms with Crippen molar-refractivity contribution in [3.05, 3.63) is 41.7 Å². The summed E-state index contributed by atoms with van der Waals surface area (Å²) >= 11 is 1.06. The van der Waals surface area contributed by atoms with Gasteiger partial charge in [-0.15, -0.1) is 0 Å². The molecule has 2 aromatic heterocycles. The molecule has 23 heavy (non-hydrogen) atoms. The first-order valence-corrected chi connectivity index (χ1v) is 7.28. The lowest BCUT2D eigenvalue weighted by molar-refractivity contribution is -0.141. The highest BCUT2D eigenvalue weighted by atomic mass is 32.1. The topological polar surface area (TPSA) is 72.7 Å². The molecule has 0 bridgehead atoms. The molecule has 0 aliphatic carbocycles. The molecule has 0 saturated carbocycles. The molecule has 0 fully saturated rings. The van der Waals surface area contributed by atoms with Gasteiger partial charge in [0.05, 0.1) is 18.3 Å². The fourth-order valence-corrected chi connectivity index (χ4v) is 2.46. The number of halogens is 3. The van der Waals surface area contributed by atoms with Crippen molar-refractivity contribution in [1.82, 2.24) is 23.8 Å². The number of carbonyl (C=O) groups excluding carboxylic acids is 1. The molecule has 120 valence electrons. The lowest BCUT2D eigenvalue weighted by Crippen LogP contribution is -2.27. The Kier molecular flexibility index (Phi) is 3.99. The normalized spacial score (nSPS) is 11.8. The van der Waals surface area contributed by atoms with E-state index in [2.05, 4.69) is 19.2 Å². The lowest BCUT2D eigenvalue weighted by Gasteiger charge is -2.06. The van der Waals surface area contributed by atoms with Gasteiger partial charge in [0.1, 0.15) is 11.0 Å². The second-order valence-electron chi connectivity index (χ2n) is 4.69. The third-order valence-electron chi connectivity index (χ3n) is 3.07. The molecule has 0 unspecified atom stereocenters. The van der Waals surface area contributed by atoms with Crippen LogP contribution in [0.3, 0.4) is 0 Å². The van der Waals surface area contributed by atoms with Crippen molar-refractivity contribution in [1.29, 1.82) is 0 Å². The number of alkyl halides is 3. The molecule has 10 heteroatoms. The molecular weight excluding hydrogens is 331 g/mol. The quantitative estimate of drug-likeness (QED) is 0.791. The largest absolute Gasteiger partial charge is 0.435 e. The zero-order chi connectivity index (χ0) is 16.4. The van der Waals surface area contributed by atoms with Crippen molar-refractivity contribution < 1.29 is 18.0 Å². The summed E-state index contributed by atoms with van der Waals surface area (Å²) in [6.07, 6.45) is -3.24. The molecule has 2 heterocycles. The lowest BCUT2D eigenvalue weighted by atomic mass is 10.2. The highest BCUT2D eigenvalue weighted by molar-refractivity contribution is 7.00. The van der Waals surface area contributed by atoms with Crippen LogP contribution in [-0.4, -0.2) is 31.0 Å². The van der Waals surface area contributed by atoms with Gasteiger partial charge in [-0.25, -0.2) is 0 Å². The first-order chi connectivity index (χ1) is 10.9. The second-order valence-corrected chi connectivity index (χ2v) is 5.21. The van der Waals surface area contributed by atoms with Gasteiger partial charge >= 0.3 is 6.18 Å². The van der Waals surface area contributed by atoms with Crippen molar-refractivity contribution in [3.8, 4) is 0 Å². The molecule has 0 saturated heterocycles. The van der Waals surface area contributed by atoms with E-state index in [1.807, 2.05) is 0 Å². The van der Waals surface area contributed by atoms with Crippen molar-refractivity contribution in [2.45, 2.75) is 12.7 Å². The van der Waals surface area contributed by atoms with Gasteiger partial charge in [0.25, 0.3) is 5.91 Å². The van der Waals surface area contributed by atoms with E-state index in [1.54, 1.807) is 18.2 Å². The van der Waals surface area contributed by atoms with E-state index in [0.717, 1.165) is 22.5 Å². The molecule has 0 spiro atoms. The number of hydrogen-bond acceptors (Lipinski definition) is 5. The maximum Gasteiger partial charge on any atom is 0.435 e. The fraction of sp³-hybridized carbons (Fsp3) is 0.231. The van der Waals surface area contributed by atoms with Crippen LogP contribution in [0.1, 0.15) is 16.1 Å². The molecule has 3 aromatic rings. The number of hydrogen-bond donors (Lipinski definition) is 1. The van der Waals surface area contributed by atoms with E-state index >= 15 is 0 Å². The Morgan fingerprint density at radius 2 is 2.00 bits per heavy atom. The smallest absolute Gasteiger partial charge is 0.350 e. The summed E-state index contributed by atoms with van der Waals surface area (Å²) in [4.78, 5) is 12.0. The van der Waals surface area contributed by atoms with E-state index in [9.17, 15) is 18.0 Å². The average Bonchev–Trinajstić information content (AvgIpc) is 3.14. The summed E-state index contributed by atoms with van der Waals surface area (Å²) in [5.74, 6) is -0.330. The van der Waals surface area contributed by atoms with Gasteiger partial charge in [0, 0.05) is 18.3 Å². The Hall–Kier alpha value is -2.49. The average molecular weight is 341 g/mol. The molecule has 6 nitrogen and oxygen atoms in total. The molecule has 1 aromatic carbocycles. The minimum atomic E-state index is -4.47. The first kappa shape index (κ1) is 15.4. The van der Waals surface area contributed by atoms with Crippen LogP contribution in [-0.2, 0) is 12.7 Å². The number of carbonyl (C=O) groups is 1. The summed E-state index contributed by atoms with van der Waals surface area (Å²) in [5.41, 5.74) is 0.805. The molecular formula is C13H10F3N5OS. The molecule has 3 rings (SSSR count). The number of rotatable bonds is 4. The van der Waals surface area contributed by atoms with E-state index in [-0.39, 0.29) is 19.0 Å². The summed E-state index contributed by atoms with van der Waals surface area (Å²) in [7, 11) is 0. The Morgan fingerprint density at radius 1 is 1.22 bits per heavy atom. The number of benzene rings is 1. The van der Waals surface area contributed by atoms with Gasteiger partial charge in [-0.2, -0.15) is 27.0 Å². The van der Waals surface area contributed by atoms with Crippen LogP contribution in [0.15, 0.2) is 30.5 Å². The summed E-state index contributed by atoms with van der Waals surface area (Å²) < 4.78 is 46.5. The standard InChI is InChI=1S/C13H10F3N5OS/c14-13(15,16)11-3-5-21(18-11)6-4-17-12(22)8-1-2-9-10(7-8)20-23-19-9/h1-3,5,7H,4,6H2,(H,17,22). The number of nitrogens with zero attached hydrogens (tertiary/aromatic N) is 4. The van der Waals surface area contributed by atoms with Crippen LogP contribution in [0.25, 0.3) is 11.0 Å². The highest BCUT2D eigenvalue weighted by Gasteiger charge is 2.33. The molecule has 0 radical (unpaired) electrons. The second kappa shape index (κ2) is 5.95.